The van der Waals surface area contributed by atoms with Crippen LogP contribution >= 0.6 is 0 Å². The number of rotatable bonds is 3. The maximum Gasteiger partial charge on any atom is 0.354 e. The first-order valence-electron chi connectivity index (χ1n) is 6.71. The Hall–Kier alpha value is -2.95. The van der Waals surface area contributed by atoms with Gasteiger partial charge in [0.15, 0.2) is 5.69 Å². The third kappa shape index (κ3) is 2.48. The molecule has 1 N–H and O–H groups in total. The zero-order valence-electron chi connectivity index (χ0n) is 11.8. The van der Waals surface area contributed by atoms with E-state index < -0.39 is 11.8 Å². The van der Waals surface area contributed by atoms with Crippen LogP contribution in [0.25, 0.3) is 16.9 Å². The molecular weight excluding hydrogens is 283 g/mol. The van der Waals surface area contributed by atoms with Crippen LogP contribution in [-0.4, -0.2) is 20.9 Å². The van der Waals surface area contributed by atoms with Gasteiger partial charge in [0.2, 0.25) is 0 Å². The molecule has 22 heavy (non-hydrogen) atoms. The lowest BCUT2D eigenvalue weighted by molar-refractivity contribution is 0.0687. The number of carboxylic acid groups (broad SMARTS) is 1. The second-order valence-corrected chi connectivity index (χ2v) is 4.95. The van der Waals surface area contributed by atoms with Crippen LogP contribution in [0.1, 0.15) is 16.1 Å². The molecule has 0 atom stereocenters. The second kappa shape index (κ2) is 5.44. The molecule has 5 heteroatoms. The highest BCUT2D eigenvalue weighted by Gasteiger charge is 2.18. The van der Waals surface area contributed by atoms with Crippen molar-refractivity contribution in [1.82, 2.24) is 9.78 Å². The summed E-state index contributed by atoms with van der Waals surface area (Å²) in [6.45, 7) is 1.96. The average molecular weight is 296 g/mol. The molecule has 0 saturated carbocycles. The number of hydrogen-bond acceptors (Lipinski definition) is 2. The molecule has 0 aliphatic heterocycles. The summed E-state index contributed by atoms with van der Waals surface area (Å²) in [5.41, 5.74) is 2.39. The highest BCUT2D eigenvalue weighted by Crippen LogP contribution is 2.23. The number of carboxylic acids is 1. The lowest BCUT2D eigenvalue weighted by Gasteiger charge is -2.05. The Morgan fingerprint density at radius 3 is 2.45 bits per heavy atom. The number of carbonyl (C=O) groups is 1. The Morgan fingerprint density at radius 1 is 1.14 bits per heavy atom. The number of halogens is 1. The Kier molecular flexibility index (Phi) is 3.47. The van der Waals surface area contributed by atoms with Crippen LogP contribution in [-0.2, 0) is 0 Å². The predicted octanol–water partition coefficient (Wildman–Crippen LogP) is 3.69. The van der Waals surface area contributed by atoms with E-state index >= 15 is 0 Å². The van der Waals surface area contributed by atoms with Gasteiger partial charge in [-0.3, -0.25) is 0 Å². The van der Waals surface area contributed by atoms with Crippen LogP contribution in [0.5, 0.6) is 0 Å². The number of aryl methyl sites for hydroxylation is 1. The van der Waals surface area contributed by atoms with E-state index in [0.717, 1.165) is 15.8 Å². The molecule has 0 fully saturated rings. The Balaban J connectivity index is 2.17. The van der Waals surface area contributed by atoms with Crippen molar-refractivity contribution in [1.29, 1.82) is 0 Å². The van der Waals surface area contributed by atoms with Gasteiger partial charge in [0.25, 0.3) is 0 Å². The van der Waals surface area contributed by atoms with E-state index in [-0.39, 0.29) is 11.4 Å². The van der Waals surface area contributed by atoms with E-state index in [4.69, 9.17) is 0 Å². The van der Waals surface area contributed by atoms with E-state index in [9.17, 15) is 14.3 Å². The van der Waals surface area contributed by atoms with Crippen LogP contribution < -0.4 is 0 Å². The molecule has 0 saturated heterocycles. The molecular formula is C17H13FN2O2. The summed E-state index contributed by atoms with van der Waals surface area (Å²) in [5, 5.41) is 13.6. The molecule has 0 spiro atoms. The fourth-order valence-electron chi connectivity index (χ4n) is 2.21. The molecule has 0 amide bonds. The van der Waals surface area contributed by atoms with Crippen LogP contribution in [0.3, 0.4) is 0 Å². The summed E-state index contributed by atoms with van der Waals surface area (Å²) in [7, 11) is 0. The number of hydrogen-bond donors (Lipinski definition) is 1. The van der Waals surface area contributed by atoms with Gasteiger partial charge >= 0.3 is 5.97 Å². The summed E-state index contributed by atoms with van der Waals surface area (Å²) in [6.07, 6.45) is 0. The Morgan fingerprint density at radius 2 is 1.82 bits per heavy atom. The van der Waals surface area contributed by atoms with Crippen LogP contribution in [0.4, 0.5) is 4.39 Å². The normalized spacial score (nSPS) is 10.6. The van der Waals surface area contributed by atoms with Crippen molar-refractivity contribution < 1.29 is 14.3 Å². The van der Waals surface area contributed by atoms with Crippen LogP contribution in [0, 0.1) is 12.7 Å². The predicted molar refractivity (Wildman–Crippen MR) is 80.7 cm³/mol. The molecule has 0 aliphatic carbocycles. The highest BCUT2D eigenvalue weighted by atomic mass is 19.1. The minimum Gasteiger partial charge on any atom is -0.477 e. The number of benzene rings is 2. The minimum absolute atomic E-state index is 0.0827. The SMILES string of the molecule is Cc1ccc(-c2cc(C(=O)O)n(-c3ccccc3F)n2)cc1. The van der Waals surface area contributed by atoms with Gasteiger partial charge in [0, 0.05) is 5.56 Å². The number of para-hydroxylation sites is 1. The van der Waals surface area contributed by atoms with Gasteiger partial charge in [-0.1, -0.05) is 42.0 Å². The standard InChI is InChI=1S/C17H13FN2O2/c1-11-6-8-12(9-7-11)14-10-16(17(21)22)20(19-14)15-5-3-2-4-13(15)18/h2-10H,1H3,(H,21,22). The van der Waals surface area contributed by atoms with Crippen molar-refractivity contribution in [3.05, 3.63) is 71.7 Å². The van der Waals surface area contributed by atoms with Gasteiger partial charge in [0.1, 0.15) is 11.5 Å². The van der Waals surface area contributed by atoms with Gasteiger partial charge in [-0.2, -0.15) is 5.10 Å². The smallest absolute Gasteiger partial charge is 0.354 e. The largest absolute Gasteiger partial charge is 0.477 e. The van der Waals surface area contributed by atoms with Crippen molar-refractivity contribution in [3.63, 3.8) is 0 Å². The van der Waals surface area contributed by atoms with Crippen molar-refractivity contribution in [2.45, 2.75) is 6.92 Å². The number of nitrogens with zero attached hydrogens (tertiary/aromatic N) is 2. The number of aromatic nitrogens is 2. The van der Waals surface area contributed by atoms with Gasteiger partial charge < -0.3 is 5.11 Å². The second-order valence-electron chi connectivity index (χ2n) is 4.95. The quantitative estimate of drug-likeness (QED) is 0.802. The minimum atomic E-state index is -1.16. The summed E-state index contributed by atoms with van der Waals surface area (Å²) in [6, 6.07) is 14.9. The van der Waals surface area contributed by atoms with Crippen molar-refractivity contribution in [2.24, 2.45) is 0 Å². The molecule has 0 unspecified atom stereocenters. The molecule has 0 bridgehead atoms. The van der Waals surface area contributed by atoms with Crippen molar-refractivity contribution >= 4 is 5.97 Å². The van der Waals surface area contributed by atoms with E-state index in [2.05, 4.69) is 5.10 Å². The molecule has 3 aromatic rings. The average Bonchev–Trinajstić information content (AvgIpc) is 2.93. The molecule has 1 heterocycles. The van der Waals surface area contributed by atoms with E-state index in [0.29, 0.717) is 5.69 Å². The molecule has 1 aromatic heterocycles. The van der Waals surface area contributed by atoms with E-state index in [1.165, 1.54) is 18.2 Å². The van der Waals surface area contributed by atoms with E-state index in [1.54, 1.807) is 12.1 Å². The maximum atomic E-state index is 13.9. The van der Waals surface area contributed by atoms with Gasteiger partial charge in [-0.15, -0.1) is 0 Å². The summed E-state index contributed by atoms with van der Waals surface area (Å²) in [5.74, 6) is -1.68. The lowest BCUT2D eigenvalue weighted by atomic mass is 10.1. The van der Waals surface area contributed by atoms with Gasteiger partial charge in [-0.25, -0.2) is 13.9 Å². The fraction of sp³-hybridized carbons (Fsp3) is 0.0588. The third-order valence-electron chi connectivity index (χ3n) is 3.36. The van der Waals surface area contributed by atoms with Crippen LogP contribution in [0.15, 0.2) is 54.6 Å². The molecule has 3 rings (SSSR count). The molecule has 0 radical (unpaired) electrons. The topological polar surface area (TPSA) is 55.1 Å². The highest BCUT2D eigenvalue weighted by molar-refractivity contribution is 5.88. The summed E-state index contributed by atoms with van der Waals surface area (Å²) in [4.78, 5) is 11.4. The van der Waals surface area contributed by atoms with Gasteiger partial charge in [0.05, 0.1) is 5.69 Å². The van der Waals surface area contributed by atoms with Gasteiger partial charge in [-0.05, 0) is 25.1 Å². The molecule has 0 aliphatic rings. The number of aromatic carboxylic acids is 1. The molecule has 110 valence electrons. The van der Waals surface area contributed by atoms with Crippen LogP contribution in [0.2, 0.25) is 0 Å². The monoisotopic (exact) mass is 296 g/mol. The zero-order chi connectivity index (χ0) is 15.7. The zero-order valence-corrected chi connectivity index (χ0v) is 11.8. The first kappa shape index (κ1) is 14.0. The molecule has 4 nitrogen and oxygen atoms in total. The maximum absolute atomic E-state index is 13.9. The Bertz CT molecular complexity index is 838. The van der Waals surface area contributed by atoms with Crippen molar-refractivity contribution in [3.8, 4) is 16.9 Å². The van der Waals surface area contributed by atoms with Crippen molar-refractivity contribution in [2.75, 3.05) is 0 Å². The first-order chi connectivity index (χ1) is 10.6. The third-order valence-corrected chi connectivity index (χ3v) is 3.36. The summed E-state index contributed by atoms with van der Waals surface area (Å²) >= 11 is 0. The summed E-state index contributed by atoms with van der Waals surface area (Å²) < 4.78 is 15.0. The van der Waals surface area contributed by atoms with E-state index in [1.807, 2.05) is 31.2 Å². The lowest BCUT2D eigenvalue weighted by Crippen LogP contribution is -2.09. The first-order valence-corrected chi connectivity index (χ1v) is 6.71. The fourth-order valence-corrected chi connectivity index (χ4v) is 2.21. The molecule has 2 aromatic carbocycles. The Labute approximate surface area is 126 Å².